The number of hydrogen-bond donors (Lipinski definition) is 1. The SMILES string of the molecule is Cc1cc(-c2ccc(C(=O)O)c(OCc3ccccc3)c2)cc(C)c1Cl. The Kier molecular flexibility index (Phi) is 5.29. The van der Waals surface area contributed by atoms with E-state index >= 15 is 0 Å². The standard InChI is InChI=1S/C22H19ClO3/c1-14-10-18(11-15(2)21(14)23)17-8-9-19(22(24)25)20(12-17)26-13-16-6-4-3-5-7-16/h3-12H,13H2,1-2H3,(H,24,25). The van der Waals surface area contributed by atoms with E-state index in [4.69, 9.17) is 16.3 Å². The van der Waals surface area contributed by atoms with Crippen molar-refractivity contribution in [1.82, 2.24) is 0 Å². The van der Waals surface area contributed by atoms with Crippen LogP contribution in [-0.4, -0.2) is 11.1 Å². The fourth-order valence-electron chi connectivity index (χ4n) is 2.85. The van der Waals surface area contributed by atoms with Crippen LogP contribution in [0.4, 0.5) is 0 Å². The molecule has 0 aliphatic carbocycles. The lowest BCUT2D eigenvalue weighted by atomic mass is 9.99. The Hall–Kier alpha value is -2.78. The summed E-state index contributed by atoms with van der Waals surface area (Å²) < 4.78 is 5.82. The zero-order chi connectivity index (χ0) is 18.7. The van der Waals surface area contributed by atoms with Crippen molar-refractivity contribution in [2.24, 2.45) is 0 Å². The van der Waals surface area contributed by atoms with E-state index < -0.39 is 5.97 Å². The van der Waals surface area contributed by atoms with Gasteiger partial charge in [0, 0.05) is 5.02 Å². The Bertz CT molecular complexity index is 926. The van der Waals surface area contributed by atoms with Crippen LogP contribution in [0.2, 0.25) is 5.02 Å². The van der Waals surface area contributed by atoms with Gasteiger partial charge in [-0.05, 0) is 65.9 Å². The first-order valence-electron chi connectivity index (χ1n) is 8.27. The molecule has 0 saturated heterocycles. The minimum Gasteiger partial charge on any atom is -0.488 e. The average molecular weight is 367 g/mol. The van der Waals surface area contributed by atoms with Crippen LogP contribution in [-0.2, 0) is 6.61 Å². The van der Waals surface area contributed by atoms with Gasteiger partial charge in [0.15, 0.2) is 0 Å². The molecular weight excluding hydrogens is 348 g/mol. The lowest BCUT2D eigenvalue weighted by molar-refractivity contribution is 0.0692. The molecule has 0 amide bonds. The van der Waals surface area contributed by atoms with Gasteiger partial charge in [-0.25, -0.2) is 4.79 Å². The first kappa shape index (κ1) is 18.0. The van der Waals surface area contributed by atoms with Gasteiger partial charge in [0.2, 0.25) is 0 Å². The third-order valence-corrected chi connectivity index (χ3v) is 4.82. The highest BCUT2D eigenvalue weighted by molar-refractivity contribution is 6.32. The number of halogens is 1. The highest BCUT2D eigenvalue weighted by Crippen LogP contribution is 2.32. The second-order valence-corrected chi connectivity index (χ2v) is 6.59. The second kappa shape index (κ2) is 7.63. The number of carboxylic acids is 1. The summed E-state index contributed by atoms with van der Waals surface area (Å²) in [6.45, 7) is 4.22. The van der Waals surface area contributed by atoms with Gasteiger partial charge in [-0.15, -0.1) is 0 Å². The summed E-state index contributed by atoms with van der Waals surface area (Å²) in [6.07, 6.45) is 0. The predicted octanol–water partition coefficient (Wildman–Crippen LogP) is 5.90. The number of hydrogen-bond acceptors (Lipinski definition) is 2. The third kappa shape index (κ3) is 3.89. The number of aryl methyl sites for hydroxylation is 2. The molecule has 26 heavy (non-hydrogen) atoms. The topological polar surface area (TPSA) is 46.5 Å². The van der Waals surface area contributed by atoms with E-state index in [1.165, 1.54) is 0 Å². The fraction of sp³-hybridized carbons (Fsp3) is 0.136. The van der Waals surface area contributed by atoms with Crippen LogP contribution in [0.5, 0.6) is 5.75 Å². The Morgan fingerprint density at radius 3 is 2.23 bits per heavy atom. The molecule has 0 aliphatic rings. The molecule has 1 N–H and O–H groups in total. The minimum atomic E-state index is -1.01. The zero-order valence-corrected chi connectivity index (χ0v) is 15.4. The smallest absolute Gasteiger partial charge is 0.339 e. The summed E-state index contributed by atoms with van der Waals surface area (Å²) in [7, 11) is 0. The van der Waals surface area contributed by atoms with Gasteiger partial charge in [0.05, 0.1) is 0 Å². The molecule has 4 heteroatoms. The molecule has 0 fully saturated rings. The molecule has 132 valence electrons. The number of aromatic carboxylic acids is 1. The number of rotatable bonds is 5. The molecule has 0 unspecified atom stereocenters. The maximum atomic E-state index is 11.5. The van der Waals surface area contributed by atoms with Crippen molar-refractivity contribution in [2.75, 3.05) is 0 Å². The monoisotopic (exact) mass is 366 g/mol. The Labute approximate surface area is 157 Å². The van der Waals surface area contributed by atoms with Crippen molar-refractivity contribution in [3.05, 3.63) is 87.9 Å². The van der Waals surface area contributed by atoms with E-state index in [2.05, 4.69) is 0 Å². The second-order valence-electron chi connectivity index (χ2n) is 6.21. The van der Waals surface area contributed by atoms with Crippen molar-refractivity contribution >= 4 is 17.6 Å². The van der Waals surface area contributed by atoms with E-state index in [0.717, 1.165) is 32.8 Å². The minimum absolute atomic E-state index is 0.145. The summed E-state index contributed by atoms with van der Waals surface area (Å²) in [5.41, 5.74) is 4.96. The van der Waals surface area contributed by atoms with Crippen LogP contribution in [0.3, 0.4) is 0 Å². The Balaban J connectivity index is 1.97. The van der Waals surface area contributed by atoms with Crippen LogP contribution in [0.15, 0.2) is 60.7 Å². The quantitative estimate of drug-likeness (QED) is 0.611. The van der Waals surface area contributed by atoms with Crippen LogP contribution in [0.25, 0.3) is 11.1 Å². The van der Waals surface area contributed by atoms with Gasteiger partial charge in [-0.3, -0.25) is 0 Å². The lowest BCUT2D eigenvalue weighted by Crippen LogP contribution is -2.03. The van der Waals surface area contributed by atoms with Crippen LogP contribution in [0.1, 0.15) is 27.0 Å². The highest BCUT2D eigenvalue weighted by Gasteiger charge is 2.14. The highest BCUT2D eigenvalue weighted by atomic mass is 35.5. The third-order valence-electron chi connectivity index (χ3n) is 4.22. The van der Waals surface area contributed by atoms with E-state index in [1.807, 2.05) is 56.3 Å². The molecule has 3 aromatic rings. The van der Waals surface area contributed by atoms with Gasteiger partial charge in [-0.1, -0.05) is 48.0 Å². The van der Waals surface area contributed by atoms with Crippen molar-refractivity contribution in [3.63, 3.8) is 0 Å². The number of carbonyl (C=O) groups is 1. The number of benzene rings is 3. The van der Waals surface area contributed by atoms with Gasteiger partial charge < -0.3 is 9.84 Å². The molecule has 0 heterocycles. The number of carboxylic acid groups (broad SMARTS) is 1. The molecule has 0 spiro atoms. The van der Waals surface area contributed by atoms with Crippen molar-refractivity contribution in [2.45, 2.75) is 20.5 Å². The Morgan fingerprint density at radius 1 is 0.962 bits per heavy atom. The van der Waals surface area contributed by atoms with E-state index in [9.17, 15) is 9.90 Å². The maximum absolute atomic E-state index is 11.5. The average Bonchev–Trinajstić information content (AvgIpc) is 2.64. The van der Waals surface area contributed by atoms with Crippen molar-refractivity contribution in [1.29, 1.82) is 0 Å². The van der Waals surface area contributed by atoms with Gasteiger partial charge in [0.25, 0.3) is 0 Å². The molecule has 0 aromatic heterocycles. The van der Waals surface area contributed by atoms with Gasteiger partial charge >= 0.3 is 5.97 Å². The summed E-state index contributed by atoms with van der Waals surface area (Å²) in [4.78, 5) is 11.5. The summed E-state index contributed by atoms with van der Waals surface area (Å²) in [5, 5.41) is 10.2. The fourth-order valence-corrected chi connectivity index (χ4v) is 2.95. The maximum Gasteiger partial charge on any atom is 0.339 e. The molecule has 0 aliphatic heterocycles. The Morgan fingerprint density at radius 2 is 1.62 bits per heavy atom. The zero-order valence-electron chi connectivity index (χ0n) is 14.6. The van der Waals surface area contributed by atoms with Crippen LogP contribution >= 0.6 is 11.6 Å². The summed E-state index contributed by atoms with van der Waals surface area (Å²) in [6, 6.07) is 18.8. The lowest BCUT2D eigenvalue weighted by Gasteiger charge is -2.13. The first-order valence-corrected chi connectivity index (χ1v) is 8.64. The van der Waals surface area contributed by atoms with Gasteiger partial charge in [0.1, 0.15) is 17.9 Å². The molecule has 0 bridgehead atoms. The van der Waals surface area contributed by atoms with E-state index in [-0.39, 0.29) is 5.56 Å². The normalized spacial score (nSPS) is 10.6. The van der Waals surface area contributed by atoms with Crippen molar-refractivity contribution < 1.29 is 14.6 Å². The molecule has 0 atom stereocenters. The van der Waals surface area contributed by atoms with Crippen LogP contribution in [0, 0.1) is 13.8 Å². The summed E-state index contributed by atoms with van der Waals surface area (Å²) >= 11 is 6.25. The van der Waals surface area contributed by atoms with E-state index in [1.54, 1.807) is 18.2 Å². The predicted molar refractivity (Wildman–Crippen MR) is 104 cm³/mol. The largest absolute Gasteiger partial charge is 0.488 e. The van der Waals surface area contributed by atoms with Gasteiger partial charge in [-0.2, -0.15) is 0 Å². The molecule has 0 saturated carbocycles. The van der Waals surface area contributed by atoms with Crippen molar-refractivity contribution in [3.8, 4) is 16.9 Å². The molecule has 3 nitrogen and oxygen atoms in total. The molecule has 0 radical (unpaired) electrons. The summed E-state index contributed by atoms with van der Waals surface area (Å²) in [5.74, 6) is -0.660. The first-order chi connectivity index (χ1) is 12.5. The molecule has 3 aromatic carbocycles. The number of ether oxygens (including phenoxy) is 1. The van der Waals surface area contributed by atoms with E-state index in [0.29, 0.717) is 12.4 Å². The molecule has 3 rings (SSSR count). The molecular formula is C22H19ClO3. The van der Waals surface area contributed by atoms with Crippen LogP contribution < -0.4 is 4.74 Å².